The largest absolute Gasteiger partial charge is 0.354 e. The Hall–Kier alpha value is -1.13. The van der Waals surface area contributed by atoms with E-state index in [1.165, 1.54) is 12.1 Å². The van der Waals surface area contributed by atoms with Crippen LogP contribution in [0.1, 0.15) is 32.4 Å². The number of piperazine rings is 1. The molecule has 1 aliphatic rings. The number of hydrogen-bond donors (Lipinski definition) is 1. The molecule has 1 saturated heterocycles. The highest BCUT2D eigenvalue weighted by atomic mass is 15.3. The number of rotatable bonds is 5. The van der Waals surface area contributed by atoms with E-state index in [2.05, 4.69) is 53.0 Å². The van der Waals surface area contributed by atoms with Crippen molar-refractivity contribution in [2.24, 2.45) is 5.92 Å². The van der Waals surface area contributed by atoms with E-state index in [0.717, 1.165) is 37.9 Å². The minimum Gasteiger partial charge on any atom is -0.354 e. The Morgan fingerprint density at radius 1 is 1.20 bits per heavy atom. The van der Waals surface area contributed by atoms with Gasteiger partial charge in [0.1, 0.15) is 5.82 Å². The van der Waals surface area contributed by atoms with Gasteiger partial charge in [0.05, 0.1) is 0 Å². The quantitative estimate of drug-likeness (QED) is 0.893. The summed E-state index contributed by atoms with van der Waals surface area (Å²) in [5.41, 5.74) is 1.31. The van der Waals surface area contributed by atoms with Gasteiger partial charge in [-0.25, -0.2) is 4.98 Å². The third-order valence-corrected chi connectivity index (χ3v) is 4.02. The van der Waals surface area contributed by atoms with Crippen LogP contribution in [0.4, 0.5) is 5.82 Å². The van der Waals surface area contributed by atoms with E-state index in [0.29, 0.717) is 6.04 Å². The van der Waals surface area contributed by atoms with E-state index >= 15 is 0 Å². The molecule has 0 aliphatic carbocycles. The molecule has 20 heavy (non-hydrogen) atoms. The van der Waals surface area contributed by atoms with E-state index in [4.69, 9.17) is 0 Å². The number of pyridine rings is 1. The fourth-order valence-corrected chi connectivity index (χ4v) is 2.72. The lowest BCUT2D eigenvalue weighted by Gasteiger charge is -2.36. The van der Waals surface area contributed by atoms with Crippen molar-refractivity contribution >= 4 is 5.82 Å². The molecule has 112 valence electrons. The maximum atomic E-state index is 4.55. The first-order valence-corrected chi connectivity index (χ1v) is 7.70. The summed E-state index contributed by atoms with van der Waals surface area (Å²) in [5.74, 6) is 1.87. The molecule has 1 aromatic rings. The maximum Gasteiger partial charge on any atom is 0.128 e. The van der Waals surface area contributed by atoms with Gasteiger partial charge in [0.2, 0.25) is 0 Å². The predicted molar refractivity (Wildman–Crippen MR) is 85.2 cm³/mol. The van der Waals surface area contributed by atoms with Gasteiger partial charge in [-0.15, -0.1) is 0 Å². The van der Waals surface area contributed by atoms with Gasteiger partial charge >= 0.3 is 0 Å². The Kier molecular flexibility index (Phi) is 5.38. The fourth-order valence-electron chi connectivity index (χ4n) is 2.72. The summed E-state index contributed by atoms with van der Waals surface area (Å²) in [6, 6.07) is 4.69. The molecule has 0 aromatic carbocycles. The van der Waals surface area contributed by atoms with Crippen LogP contribution in [-0.2, 0) is 0 Å². The van der Waals surface area contributed by atoms with Gasteiger partial charge < -0.3 is 10.2 Å². The zero-order valence-corrected chi connectivity index (χ0v) is 13.3. The van der Waals surface area contributed by atoms with Gasteiger partial charge in [-0.3, -0.25) is 4.90 Å². The Morgan fingerprint density at radius 2 is 1.90 bits per heavy atom. The van der Waals surface area contributed by atoms with E-state index in [9.17, 15) is 0 Å². The molecule has 4 nitrogen and oxygen atoms in total. The molecule has 0 saturated carbocycles. The van der Waals surface area contributed by atoms with E-state index < -0.39 is 0 Å². The van der Waals surface area contributed by atoms with Gasteiger partial charge in [0.15, 0.2) is 0 Å². The van der Waals surface area contributed by atoms with Crippen molar-refractivity contribution in [2.45, 2.75) is 26.8 Å². The molecule has 0 radical (unpaired) electrons. The molecule has 1 fully saturated rings. The molecule has 2 heterocycles. The Morgan fingerprint density at radius 3 is 2.50 bits per heavy atom. The normalized spacial score (nSPS) is 18.6. The van der Waals surface area contributed by atoms with Gasteiger partial charge in [-0.2, -0.15) is 0 Å². The fraction of sp³-hybridized carbons (Fsp3) is 0.688. The molecule has 2 rings (SSSR count). The summed E-state index contributed by atoms with van der Waals surface area (Å²) in [4.78, 5) is 9.51. The Balaban J connectivity index is 1.96. The van der Waals surface area contributed by atoms with Crippen molar-refractivity contribution in [1.82, 2.24) is 15.2 Å². The molecule has 0 bridgehead atoms. The van der Waals surface area contributed by atoms with Crippen molar-refractivity contribution in [3.05, 3.63) is 23.9 Å². The molecule has 1 unspecified atom stereocenters. The lowest BCUT2D eigenvalue weighted by atomic mass is 10.1. The van der Waals surface area contributed by atoms with Gasteiger partial charge in [0, 0.05) is 45.0 Å². The van der Waals surface area contributed by atoms with Gasteiger partial charge in [0.25, 0.3) is 0 Å². The topological polar surface area (TPSA) is 31.4 Å². The number of nitrogens with zero attached hydrogens (tertiary/aromatic N) is 3. The second kappa shape index (κ2) is 7.04. The van der Waals surface area contributed by atoms with E-state index in [1.54, 1.807) is 0 Å². The first kappa shape index (κ1) is 15.3. The Labute approximate surface area is 123 Å². The molecule has 4 heteroatoms. The van der Waals surface area contributed by atoms with Crippen molar-refractivity contribution in [2.75, 3.05) is 44.7 Å². The summed E-state index contributed by atoms with van der Waals surface area (Å²) >= 11 is 0. The van der Waals surface area contributed by atoms with Crippen LogP contribution < -0.4 is 10.2 Å². The second-order valence-electron chi connectivity index (χ2n) is 6.14. The third kappa shape index (κ3) is 3.93. The molecular formula is C16H28N4. The van der Waals surface area contributed by atoms with Crippen LogP contribution in [0.3, 0.4) is 0 Å². The summed E-state index contributed by atoms with van der Waals surface area (Å²) in [7, 11) is 2.00. The standard InChI is InChI=1S/C16H28N4/c1-13(2)12-19-7-9-20(10-8-19)16-11-15(5-6-18-16)14(3)17-4/h5-6,11,13-14,17H,7-10,12H2,1-4H3. The minimum atomic E-state index is 0.374. The highest BCUT2D eigenvalue weighted by molar-refractivity contribution is 5.42. The monoisotopic (exact) mass is 276 g/mol. The van der Waals surface area contributed by atoms with Gasteiger partial charge in [-0.05, 0) is 37.6 Å². The van der Waals surface area contributed by atoms with Crippen molar-refractivity contribution in [1.29, 1.82) is 0 Å². The molecule has 0 amide bonds. The number of aromatic nitrogens is 1. The van der Waals surface area contributed by atoms with Crippen LogP contribution in [0, 0.1) is 5.92 Å². The zero-order chi connectivity index (χ0) is 14.5. The molecule has 0 spiro atoms. The predicted octanol–water partition coefficient (Wildman–Crippen LogP) is 2.14. The lowest BCUT2D eigenvalue weighted by Crippen LogP contribution is -2.47. The van der Waals surface area contributed by atoms with Crippen LogP contribution >= 0.6 is 0 Å². The number of nitrogens with one attached hydrogen (secondary N) is 1. The highest BCUT2D eigenvalue weighted by Gasteiger charge is 2.19. The zero-order valence-electron chi connectivity index (χ0n) is 13.3. The van der Waals surface area contributed by atoms with Crippen molar-refractivity contribution in [3.63, 3.8) is 0 Å². The first-order chi connectivity index (χ1) is 9.60. The number of hydrogen-bond acceptors (Lipinski definition) is 4. The summed E-state index contributed by atoms with van der Waals surface area (Å²) in [6.07, 6.45) is 1.93. The molecule has 1 atom stereocenters. The lowest BCUT2D eigenvalue weighted by molar-refractivity contribution is 0.231. The van der Waals surface area contributed by atoms with Crippen LogP contribution in [0.2, 0.25) is 0 Å². The molecule has 1 aromatic heterocycles. The SMILES string of the molecule is CNC(C)c1ccnc(N2CCN(CC(C)C)CC2)c1. The molecule has 1 aliphatic heterocycles. The average Bonchev–Trinajstić information content (AvgIpc) is 2.47. The highest BCUT2D eigenvalue weighted by Crippen LogP contribution is 2.19. The summed E-state index contributed by atoms with van der Waals surface area (Å²) in [6.45, 7) is 12.4. The smallest absolute Gasteiger partial charge is 0.128 e. The summed E-state index contributed by atoms with van der Waals surface area (Å²) in [5, 5.41) is 3.29. The summed E-state index contributed by atoms with van der Waals surface area (Å²) < 4.78 is 0. The third-order valence-electron chi connectivity index (χ3n) is 4.02. The number of anilines is 1. The Bertz CT molecular complexity index is 411. The second-order valence-corrected chi connectivity index (χ2v) is 6.14. The average molecular weight is 276 g/mol. The molecule has 1 N–H and O–H groups in total. The molecular weight excluding hydrogens is 248 g/mol. The van der Waals surface area contributed by atoms with E-state index in [-0.39, 0.29) is 0 Å². The van der Waals surface area contributed by atoms with Gasteiger partial charge in [-0.1, -0.05) is 13.8 Å². The van der Waals surface area contributed by atoms with E-state index in [1.807, 2.05) is 13.2 Å². The first-order valence-electron chi connectivity index (χ1n) is 7.70. The van der Waals surface area contributed by atoms with Crippen LogP contribution in [-0.4, -0.2) is 49.7 Å². The van der Waals surface area contributed by atoms with Crippen LogP contribution in [0.15, 0.2) is 18.3 Å². The van der Waals surface area contributed by atoms with Crippen molar-refractivity contribution in [3.8, 4) is 0 Å². The van der Waals surface area contributed by atoms with Crippen LogP contribution in [0.5, 0.6) is 0 Å². The van der Waals surface area contributed by atoms with Crippen LogP contribution in [0.25, 0.3) is 0 Å². The van der Waals surface area contributed by atoms with Crippen molar-refractivity contribution < 1.29 is 0 Å². The maximum absolute atomic E-state index is 4.55. The minimum absolute atomic E-state index is 0.374.